The van der Waals surface area contributed by atoms with Crippen LogP contribution in [0.25, 0.3) is 0 Å². The van der Waals surface area contributed by atoms with E-state index in [1.165, 1.54) is 0 Å². The number of hydrogen-bond donors (Lipinski definition) is 1. The number of hydrogen-bond acceptors (Lipinski definition) is 2. The number of rotatable bonds is 1. The minimum atomic E-state index is -5.23. The molecule has 0 aliphatic rings. The SMILES string of the molecule is CC(C)(C)c1c(C(F)(F)F)cc(S(=O)(=O)O)cc1C(F)(F)F. The fraction of sp³-hybridized carbons (Fsp3) is 0.500. The topological polar surface area (TPSA) is 54.4 Å². The molecule has 126 valence electrons. The van der Waals surface area contributed by atoms with Crippen molar-refractivity contribution in [3.05, 3.63) is 28.8 Å². The molecule has 0 saturated heterocycles. The fourth-order valence-electron chi connectivity index (χ4n) is 2.02. The summed E-state index contributed by atoms with van der Waals surface area (Å²) < 4.78 is 109. The highest BCUT2D eigenvalue weighted by Crippen LogP contribution is 2.45. The minimum Gasteiger partial charge on any atom is -0.282 e. The van der Waals surface area contributed by atoms with Gasteiger partial charge in [-0.15, -0.1) is 0 Å². The van der Waals surface area contributed by atoms with Crippen molar-refractivity contribution in [2.75, 3.05) is 0 Å². The van der Waals surface area contributed by atoms with Crippen molar-refractivity contribution in [2.45, 2.75) is 43.4 Å². The van der Waals surface area contributed by atoms with Gasteiger partial charge in [0.1, 0.15) is 0 Å². The molecule has 1 aromatic rings. The Morgan fingerprint density at radius 2 is 1.18 bits per heavy atom. The lowest BCUT2D eigenvalue weighted by molar-refractivity contribution is -0.145. The van der Waals surface area contributed by atoms with Crippen LogP contribution in [-0.4, -0.2) is 13.0 Å². The molecule has 0 fully saturated rings. The molecule has 0 spiro atoms. The van der Waals surface area contributed by atoms with Crippen LogP contribution in [-0.2, 0) is 27.9 Å². The van der Waals surface area contributed by atoms with Crippen LogP contribution in [0.5, 0.6) is 0 Å². The molecular weight excluding hydrogens is 338 g/mol. The van der Waals surface area contributed by atoms with Crippen molar-refractivity contribution in [2.24, 2.45) is 0 Å². The third kappa shape index (κ3) is 3.92. The molecule has 0 radical (unpaired) electrons. The molecule has 3 nitrogen and oxygen atoms in total. The normalized spacial score (nSPS) is 14.3. The summed E-state index contributed by atoms with van der Waals surface area (Å²) in [6, 6.07) is 0.0102. The van der Waals surface area contributed by atoms with E-state index in [0.717, 1.165) is 20.8 Å². The van der Waals surface area contributed by atoms with E-state index in [0.29, 0.717) is 0 Å². The van der Waals surface area contributed by atoms with Gasteiger partial charge in [0.25, 0.3) is 10.1 Å². The van der Waals surface area contributed by atoms with Gasteiger partial charge in [0, 0.05) is 0 Å². The maximum absolute atomic E-state index is 13.1. The zero-order valence-corrected chi connectivity index (χ0v) is 12.4. The monoisotopic (exact) mass is 350 g/mol. The van der Waals surface area contributed by atoms with Crippen molar-refractivity contribution in [3.8, 4) is 0 Å². The molecule has 22 heavy (non-hydrogen) atoms. The van der Waals surface area contributed by atoms with E-state index in [1.54, 1.807) is 0 Å². The van der Waals surface area contributed by atoms with Gasteiger partial charge in [-0.05, 0) is 23.1 Å². The van der Waals surface area contributed by atoms with E-state index >= 15 is 0 Å². The molecule has 0 aromatic heterocycles. The zero-order valence-electron chi connectivity index (χ0n) is 11.6. The Kier molecular flexibility index (Phi) is 4.37. The van der Waals surface area contributed by atoms with E-state index < -0.39 is 49.5 Å². The smallest absolute Gasteiger partial charge is 0.282 e. The molecule has 0 heterocycles. The molecule has 0 amide bonds. The van der Waals surface area contributed by atoms with E-state index in [1.807, 2.05) is 0 Å². The Hall–Kier alpha value is -1.29. The summed E-state index contributed by atoms with van der Waals surface area (Å²) in [5, 5.41) is 0. The zero-order chi connectivity index (χ0) is 17.7. The van der Waals surface area contributed by atoms with Crippen molar-refractivity contribution in [1.82, 2.24) is 0 Å². The maximum Gasteiger partial charge on any atom is 0.416 e. The van der Waals surface area contributed by atoms with Crippen LogP contribution in [0.4, 0.5) is 26.3 Å². The molecule has 1 aromatic carbocycles. The van der Waals surface area contributed by atoms with Gasteiger partial charge in [-0.2, -0.15) is 34.8 Å². The molecule has 0 bridgehead atoms. The van der Waals surface area contributed by atoms with Gasteiger partial charge in [0.05, 0.1) is 16.0 Å². The van der Waals surface area contributed by atoms with Gasteiger partial charge in [0.15, 0.2) is 0 Å². The van der Waals surface area contributed by atoms with Crippen LogP contribution in [0, 0.1) is 0 Å². The van der Waals surface area contributed by atoms with Crippen molar-refractivity contribution >= 4 is 10.1 Å². The second kappa shape index (κ2) is 5.12. The first-order valence-electron chi connectivity index (χ1n) is 5.76. The van der Waals surface area contributed by atoms with Gasteiger partial charge in [-0.3, -0.25) is 4.55 Å². The maximum atomic E-state index is 13.1. The average Bonchev–Trinajstić information content (AvgIpc) is 2.22. The highest BCUT2D eigenvalue weighted by Gasteiger charge is 2.45. The number of alkyl halides is 6. The van der Waals surface area contributed by atoms with Gasteiger partial charge >= 0.3 is 12.4 Å². The van der Waals surface area contributed by atoms with Crippen LogP contribution in [0.3, 0.4) is 0 Å². The Morgan fingerprint density at radius 1 is 0.864 bits per heavy atom. The van der Waals surface area contributed by atoms with E-state index in [-0.39, 0.29) is 12.1 Å². The Labute approximate surface area is 122 Å². The van der Waals surface area contributed by atoms with Crippen molar-refractivity contribution in [1.29, 1.82) is 0 Å². The summed E-state index contributed by atoms with van der Waals surface area (Å²) >= 11 is 0. The molecule has 0 atom stereocenters. The summed E-state index contributed by atoms with van der Waals surface area (Å²) in [7, 11) is -5.23. The van der Waals surface area contributed by atoms with Crippen LogP contribution in [0.15, 0.2) is 17.0 Å². The summed E-state index contributed by atoms with van der Waals surface area (Å²) in [5.74, 6) is 0. The number of benzene rings is 1. The lowest BCUT2D eigenvalue weighted by Crippen LogP contribution is -2.26. The lowest BCUT2D eigenvalue weighted by atomic mass is 9.80. The highest BCUT2D eigenvalue weighted by atomic mass is 32.2. The molecule has 0 saturated carbocycles. The van der Waals surface area contributed by atoms with Crippen LogP contribution < -0.4 is 0 Å². The van der Waals surface area contributed by atoms with Crippen LogP contribution in [0.1, 0.15) is 37.5 Å². The minimum absolute atomic E-state index is 0.00512. The first-order valence-corrected chi connectivity index (χ1v) is 7.20. The molecule has 1 N–H and O–H groups in total. The number of halogens is 6. The predicted octanol–water partition coefficient (Wildman–Crippen LogP) is 4.27. The standard InChI is InChI=1S/C12H12F6O3S/c1-10(2,3)9-7(11(13,14)15)4-6(22(19,20)21)5-8(9)12(16,17)18/h4-5H,1-3H3,(H,19,20,21). The van der Waals surface area contributed by atoms with E-state index in [9.17, 15) is 34.8 Å². The van der Waals surface area contributed by atoms with E-state index in [2.05, 4.69) is 0 Å². The fourth-order valence-corrected chi connectivity index (χ4v) is 2.55. The molecule has 0 aliphatic carbocycles. The Morgan fingerprint density at radius 3 is 1.36 bits per heavy atom. The largest absolute Gasteiger partial charge is 0.416 e. The third-order valence-electron chi connectivity index (χ3n) is 2.77. The van der Waals surface area contributed by atoms with Gasteiger partial charge in [-0.25, -0.2) is 0 Å². The van der Waals surface area contributed by atoms with Gasteiger partial charge < -0.3 is 0 Å². The van der Waals surface area contributed by atoms with E-state index in [4.69, 9.17) is 4.55 Å². The van der Waals surface area contributed by atoms with Crippen molar-refractivity contribution in [3.63, 3.8) is 0 Å². The average molecular weight is 350 g/mol. The second-order valence-corrected chi connectivity index (χ2v) is 7.04. The van der Waals surface area contributed by atoms with Gasteiger partial charge in [-0.1, -0.05) is 20.8 Å². The molecular formula is C12H12F6O3S. The quantitative estimate of drug-likeness (QED) is 0.608. The summed E-state index contributed by atoms with van der Waals surface area (Å²) in [4.78, 5) is -1.46. The summed E-state index contributed by atoms with van der Waals surface area (Å²) in [5.41, 5.74) is -6.14. The predicted molar refractivity (Wildman–Crippen MR) is 65.0 cm³/mol. The summed E-state index contributed by atoms with van der Waals surface area (Å²) in [6.07, 6.45) is -10.4. The second-order valence-electron chi connectivity index (χ2n) is 5.61. The lowest BCUT2D eigenvalue weighted by Gasteiger charge is -2.28. The summed E-state index contributed by atoms with van der Waals surface area (Å²) in [6.45, 7) is 3.42. The molecule has 10 heteroatoms. The first-order chi connectivity index (χ1) is 9.45. The van der Waals surface area contributed by atoms with Gasteiger partial charge in [0.2, 0.25) is 0 Å². The highest BCUT2D eigenvalue weighted by molar-refractivity contribution is 7.85. The van der Waals surface area contributed by atoms with Crippen molar-refractivity contribution < 1.29 is 39.3 Å². The molecule has 1 rings (SSSR count). The van der Waals surface area contributed by atoms with Crippen LogP contribution in [0.2, 0.25) is 0 Å². The first kappa shape index (κ1) is 18.8. The molecule has 0 aliphatic heterocycles. The Bertz CT molecular complexity index is 645. The van der Waals surface area contributed by atoms with Crippen LogP contribution >= 0.6 is 0 Å². The Balaban J connectivity index is 4.04. The molecule has 0 unspecified atom stereocenters. The third-order valence-corrected chi connectivity index (χ3v) is 3.60.